The lowest BCUT2D eigenvalue weighted by atomic mass is 10.1. The fourth-order valence-corrected chi connectivity index (χ4v) is 3.06. The molecule has 0 spiro atoms. The average Bonchev–Trinajstić information content (AvgIpc) is 2.97. The summed E-state index contributed by atoms with van der Waals surface area (Å²) in [5.74, 6) is 0.865. The second-order valence-electron chi connectivity index (χ2n) is 5.14. The van der Waals surface area contributed by atoms with Gasteiger partial charge in [-0.05, 0) is 30.7 Å². The summed E-state index contributed by atoms with van der Waals surface area (Å²) in [5, 5.41) is 12.7. The number of aromatic nitrogens is 1. The number of rotatable bonds is 4. The van der Waals surface area contributed by atoms with Gasteiger partial charge in [0.2, 0.25) is 0 Å². The van der Waals surface area contributed by atoms with Gasteiger partial charge in [0.15, 0.2) is 6.10 Å². The van der Waals surface area contributed by atoms with E-state index in [1.807, 2.05) is 6.92 Å². The average molecular weight is 349 g/mol. The number of alkyl halides is 3. The smallest absolute Gasteiger partial charge is 0.382 e. The molecule has 2 amide bonds. The molecule has 128 valence electrons. The lowest BCUT2D eigenvalue weighted by molar-refractivity contribution is -0.216. The van der Waals surface area contributed by atoms with Crippen LogP contribution in [-0.2, 0) is 0 Å². The van der Waals surface area contributed by atoms with Crippen molar-refractivity contribution in [2.45, 2.75) is 43.1 Å². The summed E-state index contributed by atoms with van der Waals surface area (Å²) < 4.78 is 38.0. The van der Waals surface area contributed by atoms with Crippen molar-refractivity contribution in [1.82, 2.24) is 9.88 Å². The van der Waals surface area contributed by atoms with Gasteiger partial charge in [-0.2, -0.15) is 13.2 Å². The number of amides is 2. The molecule has 0 radical (unpaired) electrons. The number of carbonyl (C=O) groups excluding carboxylic acids is 1. The van der Waals surface area contributed by atoms with Crippen molar-refractivity contribution in [1.29, 1.82) is 0 Å². The molecular weight excluding hydrogens is 331 g/mol. The lowest BCUT2D eigenvalue weighted by Crippen LogP contribution is -2.50. The van der Waals surface area contributed by atoms with Crippen LogP contribution in [0.15, 0.2) is 23.4 Å². The van der Waals surface area contributed by atoms with E-state index < -0.39 is 24.4 Å². The van der Waals surface area contributed by atoms with E-state index in [0.717, 1.165) is 15.7 Å². The number of thioether (sulfide) groups is 1. The summed E-state index contributed by atoms with van der Waals surface area (Å²) in [6.07, 6.45) is -5.26. The van der Waals surface area contributed by atoms with Crippen LogP contribution in [0, 0.1) is 0 Å². The first kappa shape index (κ1) is 17.9. The van der Waals surface area contributed by atoms with Crippen LogP contribution in [0.3, 0.4) is 0 Å². The zero-order valence-corrected chi connectivity index (χ0v) is 13.3. The van der Waals surface area contributed by atoms with Crippen molar-refractivity contribution in [3.63, 3.8) is 0 Å². The van der Waals surface area contributed by atoms with Crippen LogP contribution in [0.1, 0.15) is 19.8 Å². The molecule has 1 aromatic heterocycles. The minimum Gasteiger partial charge on any atom is -0.382 e. The van der Waals surface area contributed by atoms with E-state index in [1.165, 1.54) is 6.20 Å². The van der Waals surface area contributed by atoms with Crippen LogP contribution in [0.4, 0.5) is 23.7 Å². The number of carbonyl (C=O) groups is 1. The fourth-order valence-electron chi connectivity index (χ4n) is 2.47. The van der Waals surface area contributed by atoms with Crippen LogP contribution in [0.5, 0.6) is 0 Å². The second-order valence-corrected chi connectivity index (χ2v) is 6.42. The number of urea groups is 1. The summed E-state index contributed by atoms with van der Waals surface area (Å²) in [5.41, 5.74) is 0.405. The molecule has 0 unspecified atom stereocenters. The van der Waals surface area contributed by atoms with Crippen LogP contribution >= 0.6 is 11.8 Å². The zero-order chi connectivity index (χ0) is 17.0. The molecule has 2 rings (SSSR count). The number of nitrogens with zero attached hydrogens (tertiary/aromatic N) is 2. The topological polar surface area (TPSA) is 65.5 Å². The lowest BCUT2D eigenvalue weighted by Gasteiger charge is -2.29. The number of halogens is 3. The van der Waals surface area contributed by atoms with Crippen molar-refractivity contribution in [2.75, 3.05) is 17.6 Å². The van der Waals surface area contributed by atoms with E-state index >= 15 is 0 Å². The first-order chi connectivity index (χ1) is 10.8. The van der Waals surface area contributed by atoms with E-state index in [1.54, 1.807) is 23.9 Å². The van der Waals surface area contributed by atoms with Gasteiger partial charge in [0.1, 0.15) is 0 Å². The third-order valence-electron chi connectivity index (χ3n) is 3.54. The maximum absolute atomic E-state index is 12.7. The number of likely N-dealkylation sites (tertiary alicyclic amines) is 1. The highest BCUT2D eigenvalue weighted by molar-refractivity contribution is 7.99. The Labute approximate surface area is 136 Å². The molecule has 0 aromatic carbocycles. The maximum Gasteiger partial charge on any atom is 0.416 e. The Morgan fingerprint density at radius 3 is 2.87 bits per heavy atom. The molecule has 2 heterocycles. The predicted octanol–water partition coefficient (Wildman–Crippen LogP) is 3.11. The molecule has 0 saturated carbocycles. The van der Waals surface area contributed by atoms with E-state index in [4.69, 9.17) is 0 Å². The van der Waals surface area contributed by atoms with Gasteiger partial charge in [0, 0.05) is 6.54 Å². The number of aliphatic hydroxyl groups excluding tert-OH is 1. The van der Waals surface area contributed by atoms with E-state index in [9.17, 15) is 23.1 Å². The molecule has 1 aromatic rings. The van der Waals surface area contributed by atoms with Gasteiger partial charge in [0.05, 0.1) is 23.0 Å². The number of hydrogen-bond donors (Lipinski definition) is 2. The van der Waals surface area contributed by atoms with Crippen molar-refractivity contribution >= 4 is 23.5 Å². The summed E-state index contributed by atoms with van der Waals surface area (Å²) in [7, 11) is 0. The van der Waals surface area contributed by atoms with Gasteiger partial charge >= 0.3 is 12.2 Å². The van der Waals surface area contributed by atoms with E-state index in [-0.39, 0.29) is 13.0 Å². The van der Waals surface area contributed by atoms with Gasteiger partial charge in [-0.3, -0.25) is 0 Å². The summed E-state index contributed by atoms with van der Waals surface area (Å²) in [6.45, 7) is 2.17. The van der Waals surface area contributed by atoms with E-state index in [2.05, 4.69) is 10.3 Å². The Kier molecular flexibility index (Phi) is 5.74. The molecule has 0 aliphatic carbocycles. The predicted molar refractivity (Wildman–Crippen MR) is 81.4 cm³/mol. The molecule has 5 nitrogen and oxygen atoms in total. The van der Waals surface area contributed by atoms with Crippen molar-refractivity contribution < 1.29 is 23.1 Å². The molecule has 1 aliphatic rings. The first-order valence-corrected chi connectivity index (χ1v) is 8.22. The van der Waals surface area contributed by atoms with Gasteiger partial charge in [-0.15, -0.1) is 11.8 Å². The second kappa shape index (κ2) is 7.39. The molecule has 1 fully saturated rings. The van der Waals surface area contributed by atoms with Gasteiger partial charge in [-0.25, -0.2) is 9.78 Å². The molecule has 0 bridgehead atoms. The highest BCUT2D eigenvalue weighted by atomic mass is 32.2. The highest BCUT2D eigenvalue weighted by Crippen LogP contribution is 2.31. The SMILES string of the molecule is CCSc1ccc(NC(=O)N2CCC[C@H]2[C@@H](O)C(F)(F)F)cn1. The van der Waals surface area contributed by atoms with Gasteiger partial charge in [-0.1, -0.05) is 6.92 Å². The molecule has 2 atom stereocenters. The number of pyridine rings is 1. The van der Waals surface area contributed by atoms with E-state index in [0.29, 0.717) is 12.1 Å². The van der Waals surface area contributed by atoms with Crippen LogP contribution in [-0.4, -0.2) is 51.6 Å². The summed E-state index contributed by atoms with van der Waals surface area (Å²) in [4.78, 5) is 17.3. The molecular formula is C14H18F3N3O2S. The monoisotopic (exact) mass is 349 g/mol. The van der Waals surface area contributed by atoms with Crippen LogP contribution < -0.4 is 5.32 Å². The van der Waals surface area contributed by atoms with Gasteiger partial charge in [0.25, 0.3) is 0 Å². The molecule has 2 N–H and O–H groups in total. The zero-order valence-electron chi connectivity index (χ0n) is 12.5. The van der Waals surface area contributed by atoms with Crippen molar-refractivity contribution in [2.24, 2.45) is 0 Å². The Morgan fingerprint density at radius 2 is 2.30 bits per heavy atom. The highest BCUT2D eigenvalue weighted by Gasteiger charge is 2.48. The minimum atomic E-state index is -4.74. The summed E-state index contributed by atoms with van der Waals surface area (Å²) in [6, 6.07) is 1.47. The quantitative estimate of drug-likeness (QED) is 0.820. The Bertz CT molecular complexity index is 539. The van der Waals surface area contributed by atoms with Crippen LogP contribution in [0.25, 0.3) is 0 Å². The number of anilines is 1. The largest absolute Gasteiger partial charge is 0.416 e. The number of hydrogen-bond acceptors (Lipinski definition) is 4. The normalized spacial score (nSPS) is 19.7. The molecule has 9 heteroatoms. The third-order valence-corrected chi connectivity index (χ3v) is 4.37. The Hall–Kier alpha value is -1.48. The van der Waals surface area contributed by atoms with Gasteiger partial charge < -0.3 is 15.3 Å². The standard InChI is InChI=1S/C14H18F3N3O2S/c1-2-23-11-6-5-9(8-18-11)19-13(22)20-7-3-4-10(20)12(21)14(15,16)17/h5-6,8,10,12,21H,2-4,7H2,1H3,(H,19,22)/t10-,12+/m0/s1. The number of aliphatic hydroxyl groups is 1. The third kappa shape index (κ3) is 4.51. The molecule has 23 heavy (non-hydrogen) atoms. The molecule has 1 aliphatic heterocycles. The Balaban J connectivity index is 2.01. The molecule has 1 saturated heterocycles. The van der Waals surface area contributed by atoms with Crippen LogP contribution in [0.2, 0.25) is 0 Å². The summed E-state index contributed by atoms with van der Waals surface area (Å²) >= 11 is 1.54. The maximum atomic E-state index is 12.7. The fraction of sp³-hybridized carbons (Fsp3) is 0.571. The van der Waals surface area contributed by atoms with Crippen molar-refractivity contribution in [3.05, 3.63) is 18.3 Å². The Morgan fingerprint density at radius 1 is 1.57 bits per heavy atom. The van der Waals surface area contributed by atoms with Crippen molar-refractivity contribution in [3.8, 4) is 0 Å². The minimum absolute atomic E-state index is 0.123. The first-order valence-electron chi connectivity index (χ1n) is 7.24. The number of nitrogens with one attached hydrogen (secondary N) is 1.